The first-order valence-corrected chi connectivity index (χ1v) is 2.90. The van der Waals surface area contributed by atoms with Gasteiger partial charge in [-0.3, -0.25) is 4.79 Å². The van der Waals surface area contributed by atoms with Crippen LogP contribution in [0.3, 0.4) is 0 Å². The molecule has 51 valence electrons. The Morgan fingerprint density at radius 1 is 1.44 bits per heavy atom. The molecule has 0 bridgehead atoms. The van der Waals surface area contributed by atoms with Gasteiger partial charge in [-0.2, -0.15) is 10.4 Å². The molecule has 0 aliphatic carbocycles. The van der Waals surface area contributed by atoms with E-state index in [1.54, 1.807) is 5.01 Å². The lowest BCUT2D eigenvalue weighted by molar-refractivity contribution is -0.116. The lowest BCUT2D eigenvalue weighted by atomic mass is 10.5. The summed E-state index contributed by atoms with van der Waals surface area (Å²) in [5.41, 5.74) is 3.56. The highest BCUT2D eigenvalue weighted by atomic mass is 16.5. The zero-order valence-electron chi connectivity index (χ0n) is 5.12. The van der Waals surface area contributed by atoms with Crippen LogP contribution in [0.4, 0.5) is 0 Å². The monoisotopic (exact) mass is 129 g/mol. The van der Waals surface area contributed by atoms with Crippen LogP contribution < -0.4 is 5.43 Å². The molecule has 0 aromatic carbocycles. The molecular formula is C5H9N2O2. The van der Waals surface area contributed by atoms with Gasteiger partial charge in [0.25, 0.3) is 0 Å². The lowest BCUT2D eigenvalue weighted by Gasteiger charge is -2.22. The van der Waals surface area contributed by atoms with E-state index >= 15 is 0 Å². The minimum atomic E-state index is 0.561. The van der Waals surface area contributed by atoms with Gasteiger partial charge in [-0.05, 0) is 0 Å². The van der Waals surface area contributed by atoms with Crippen LogP contribution >= 0.6 is 0 Å². The molecule has 0 unspecified atom stereocenters. The van der Waals surface area contributed by atoms with Gasteiger partial charge in [-0.25, -0.2) is 0 Å². The Bertz CT molecular complexity index is 91.0. The van der Waals surface area contributed by atoms with Crippen LogP contribution in [0.2, 0.25) is 0 Å². The van der Waals surface area contributed by atoms with Crippen LogP contribution in [-0.4, -0.2) is 37.7 Å². The van der Waals surface area contributed by atoms with Gasteiger partial charge in [-0.15, -0.1) is 0 Å². The molecule has 9 heavy (non-hydrogen) atoms. The maximum atomic E-state index is 9.82. The Balaban J connectivity index is 2.15. The van der Waals surface area contributed by atoms with Crippen LogP contribution in [0.15, 0.2) is 0 Å². The average Bonchev–Trinajstić information content (AvgIpc) is 1.91. The summed E-state index contributed by atoms with van der Waals surface area (Å²) in [6.07, 6.45) is 0.561. The number of morpholine rings is 1. The maximum Gasteiger partial charge on any atom is 0.244 e. The third-order valence-electron chi connectivity index (χ3n) is 1.20. The van der Waals surface area contributed by atoms with E-state index in [2.05, 4.69) is 5.43 Å². The predicted molar refractivity (Wildman–Crippen MR) is 30.6 cm³/mol. The van der Waals surface area contributed by atoms with Gasteiger partial charge in [-0.1, -0.05) is 0 Å². The Labute approximate surface area is 53.7 Å². The molecular weight excluding hydrogens is 120 g/mol. The van der Waals surface area contributed by atoms with Crippen molar-refractivity contribution in [2.45, 2.75) is 0 Å². The number of hydrogen-bond acceptors (Lipinski definition) is 3. The van der Waals surface area contributed by atoms with Crippen molar-refractivity contribution in [3.8, 4) is 0 Å². The fourth-order valence-electron chi connectivity index (χ4n) is 0.736. The molecule has 1 rings (SSSR count). The van der Waals surface area contributed by atoms with Gasteiger partial charge in [0, 0.05) is 13.1 Å². The van der Waals surface area contributed by atoms with Crippen molar-refractivity contribution < 1.29 is 9.53 Å². The summed E-state index contributed by atoms with van der Waals surface area (Å²) in [4.78, 5) is 9.82. The molecule has 1 saturated heterocycles. The highest BCUT2D eigenvalue weighted by Crippen LogP contribution is 1.91. The highest BCUT2D eigenvalue weighted by molar-refractivity contribution is 5.44. The van der Waals surface area contributed by atoms with Crippen molar-refractivity contribution >= 4 is 6.41 Å². The first-order chi connectivity index (χ1) is 4.43. The van der Waals surface area contributed by atoms with E-state index in [0.29, 0.717) is 19.6 Å². The third kappa shape index (κ3) is 1.99. The highest BCUT2D eigenvalue weighted by Gasteiger charge is 2.08. The summed E-state index contributed by atoms with van der Waals surface area (Å²) in [5, 5.41) is 1.70. The SMILES string of the molecule is O=C[N]N1CCOCC1. The lowest BCUT2D eigenvalue weighted by Crippen LogP contribution is -2.40. The average molecular weight is 129 g/mol. The minimum absolute atomic E-state index is 0.561. The van der Waals surface area contributed by atoms with Crippen LogP contribution in [0.5, 0.6) is 0 Å². The molecule has 1 fully saturated rings. The zero-order chi connectivity index (χ0) is 6.53. The zero-order valence-corrected chi connectivity index (χ0v) is 5.12. The smallest absolute Gasteiger partial charge is 0.244 e. The molecule has 1 radical (unpaired) electrons. The van der Waals surface area contributed by atoms with Crippen molar-refractivity contribution in [3.05, 3.63) is 0 Å². The van der Waals surface area contributed by atoms with Crippen molar-refractivity contribution in [1.82, 2.24) is 10.4 Å². The predicted octanol–water partition coefficient (Wildman–Crippen LogP) is -1.01. The number of ether oxygens (including phenoxy) is 1. The van der Waals surface area contributed by atoms with Crippen molar-refractivity contribution in [2.75, 3.05) is 26.3 Å². The van der Waals surface area contributed by atoms with Crippen LogP contribution in [0.25, 0.3) is 0 Å². The van der Waals surface area contributed by atoms with Gasteiger partial charge in [0.1, 0.15) is 0 Å². The minimum Gasteiger partial charge on any atom is -0.379 e. The summed E-state index contributed by atoms with van der Waals surface area (Å²) in [6, 6.07) is 0. The molecule has 0 N–H and O–H groups in total. The number of carbonyl (C=O) groups excluding carboxylic acids is 1. The van der Waals surface area contributed by atoms with Crippen LogP contribution in [0, 0.1) is 0 Å². The molecule has 1 amide bonds. The number of nitrogens with zero attached hydrogens (tertiary/aromatic N) is 2. The van der Waals surface area contributed by atoms with Crippen LogP contribution in [-0.2, 0) is 9.53 Å². The Morgan fingerprint density at radius 3 is 2.67 bits per heavy atom. The fourth-order valence-corrected chi connectivity index (χ4v) is 0.736. The summed E-state index contributed by atoms with van der Waals surface area (Å²) in [6.45, 7) is 2.83. The summed E-state index contributed by atoms with van der Waals surface area (Å²) < 4.78 is 5.03. The van der Waals surface area contributed by atoms with Crippen molar-refractivity contribution in [2.24, 2.45) is 0 Å². The number of hydrogen-bond donors (Lipinski definition) is 0. The molecule has 1 heterocycles. The number of carbonyl (C=O) groups is 1. The van der Waals surface area contributed by atoms with Crippen molar-refractivity contribution in [1.29, 1.82) is 0 Å². The van der Waals surface area contributed by atoms with E-state index in [1.165, 1.54) is 0 Å². The van der Waals surface area contributed by atoms with Gasteiger partial charge in [0.15, 0.2) is 0 Å². The topological polar surface area (TPSA) is 43.6 Å². The Kier molecular flexibility index (Phi) is 2.48. The first kappa shape index (κ1) is 6.51. The molecule has 0 spiro atoms. The molecule has 4 heteroatoms. The number of amides is 1. The second-order valence-electron chi connectivity index (χ2n) is 1.79. The first-order valence-electron chi connectivity index (χ1n) is 2.90. The molecule has 0 atom stereocenters. The molecule has 0 saturated carbocycles. The molecule has 4 nitrogen and oxygen atoms in total. The van der Waals surface area contributed by atoms with E-state index in [4.69, 9.17) is 4.74 Å². The number of rotatable bonds is 2. The second-order valence-corrected chi connectivity index (χ2v) is 1.79. The van der Waals surface area contributed by atoms with E-state index < -0.39 is 0 Å². The van der Waals surface area contributed by atoms with Gasteiger partial charge in [0.05, 0.1) is 13.2 Å². The van der Waals surface area contributed by atoms with Gasteiger partial charge in [0.2, 0.25) is 6.41 Å². The maximum absolute atomic E-state index is 9.82. The second kappa shape index (κ2) is 3.42. The quantitative estimate of drug-likeness (QED) is 0.449. The van der Waals surface area contributed by atoms with E-state index in [0.717, 1.165) is 13.1 Å². The van der Waals surface area contributed by atoms with E-state index in [9.17, 15) is 4.79 Å². The van der Waals surface area contributed by atoms with E-state index in [-0.39, 0.29) is 0 Å². The third-order valence-corrected chi connectivity index (χ3v) is 1.20. The summed E-state index contributed by atoms with van der Waals surface area (Å²) in [7, 11) is 0. The Morgan fingerprint density at radius 2 is 2.11 bits per heavy atom. The normalized spacial score (nSPS) is 21.3. The standard InChI is InChI=1S/C5H9N2O2/c8-5-6-7-1-3-9-4-2-7/h5H,1-4H2. The van der Waals surface area contributed by atoms with E-state index in [1.807, 2.05) is 0 Å². The molecule has 0 aromatic heterocycles. The molecule has 0 aromatic rings. The largest absolute Gasteiger partial charge is 0.379 e. The Hall–Kier alpha value is -0.610. The van der Waals surface area contributed by atoms with Gasteiger partial charge < -0.3 is 4.74 Å². The molecule has 1 aliphatic rings. The summed E-state index contributed by atoms with van der Waals surface area (Å²) >= 11 is 0. The summed E-state index contributed by atoms with van der Waals surface area (Å²) in [5.74, 6) is 0. The fraction of sp³-hybridized carbons (Fsp3) is 0.800. The van der Waals surface area contributed by atoms with Crippen LogP contribution in [0.1, 0.15) is 0 Å². The van der Waals surface area contributed by atoms with Crippen molar-refractivity contribution in [3.63, 3.8) is 0 Å². The molecule has 1 aliphatic heterocycles. The van der Waals surface area contributed by atoms with Gasteiger partial charge >= 0.3 is 0 Å².